The number of hydrogen-bond donors (Lipinski definition) is 1. The van der Waals surface area contributed by atoms with Crippen LogP contribution >= 0.6 is 0 Å². The van der Waals surface area contributed by atoms with Gasteiger partial charge in [0.15, 0.2) is 6.23 Å². The number of rotatable bonds is 2. The van der Waals surface area contributed by atoms with Crippen LogP contribution in [0.15, 0.2) is 12.7 Å². The van der Waals surface area contributed by atoms with Crippen LogP contribution in [0.3, 0.4) is 0 Å². The lowest BCUT2D eigenvalue weighted by Crippen LogP contribution is -2.44. The highest BCUT2D eigenvalue weighted by atomic mass is 32.3. The zero-order chi connectivity index (χ0) is 10.8. The summed E-state index contributed by atoms with van der Waals surface area (Å²) in [5.74, 6) is -0.487. The second-order valence-corrected chi connectivity index (χ2v) is 4.05. The largest absolute Gasteiger partial charge is 0.402 e. The van der Waals surface area contributed by atoms with Crippen molar-refractivity contribution in [2.45, 2.75) is 25.7 Å². The van der Waals surface area contributed by atoms with Gasteiger partial charge in [-0.1, -0.05) is 6.58 Å². The Labute approximate surface area is 82.2 Å². The van der Waals surface area contributed by atoms with E-state index in [1.807, 2.05) is 0 Å². The first-order chi connectivity index (χ1) is 6.43. The van der Waals surface area contributed by atoms with Gasteiger partial charge in [0, 0.05) is 6.42 Å². The molecule has 0 bridgehead atoms. The Morgan fingerprint density at radius 2 is 2.21 bits per heavy atom. The predicted octanol–water partition coefficient (Wildman–Crippen LogP) is -0.315. The molecule has 0 aliphatic carbocycles. The Hall–Kier alpha value is -0.920. The molecule has 1 fully saturated rings. The maximum atomic E-state index is 10.9. The molecule has 1 amide bonds. The van der Waals surface area contributed by atoms with Crippen LogP contribution in [0, 0.1) is 0 Å². The molecule has 1 aliphatic heterocycles. The number of carbonyl (C=O) groups excluding carboxylic acids is 1. The Morgan fingerprint density at radius 1 is 1.57 bits per heavy atom. The molecule has 0 aromatic heterocycles. The Kier molecular flexibility index (Phi) is 3.25. The van der Waals surface area contributed by atoms with Gasteiger partial charge in [-0.25, -0.2) is 8.37 Å². The third kappa shape index (κ3) is 3.09. The fraction of sp³-hybridized carbons (Fsp3) is 0.571. The van der Waals surface area contributed by atoms with Crippen LogP contribution < -0.4 is 5.32 Å². The van der Waals surface area contributed by atoms with E-state index in [1.165, 1.54) is 0 Å². The van der Waals surface area contributed by atoms with Gasteiger partial charge >= 0.3 is 10.4 Å². The highest BCUT2D eigenvalue weighted by molar-refractivity contribution is 7.81. The van der Waals surface area contributed by atoms with E-state index >= 15 is 0 Å². The standard InChI is InChI=1S/C7H11NO5S/c1-3-6(9)8-7-4-5(2)12-14(10,11)13-7/h3,5,7H,1,4H2,2H3,(H,8,9). The predicted molar refractivity (Wildman–Crippen MR) is 47.3 cm³/mol. The first-order valence-corrected chi connectivity index (χ1v) is 5.30. The third-order valence-electron chi connectivity index (χ3n) is 1.55. The molecule has 1 aliphatic rings. The minimum absolute atomic E-state index is 0.277. The van der Waals surface area contributed by atoms with Crippen LogP contribution in [0.2, 0.25) is 0 Å². The molecule has 1 heterocycles. The van der Waals surface area contributed by atoms with Crippen molar-refractivity contribution in [3.05, 3.63) is 12.7 Å². The van der Waals surface area contributed by atoms with Gasteiger partial charge in [0.25, 0.3) is 0 Å². The van der Waals surface area contributed by atoms with Crippen LogP contribution in [0.5, 0.6) is 0 Å². The lowest BCUT2D eigenvalue weighted by molar-refractivity contribution is -0.119. The highest BCUT2D eigenvalue weighted by Crippen LogP contribution is 2.17. The molecule has 2 atom stereocenters. The average Bonchev–Trinajstić information content (AvgIpc) is 1.99. The van der Waals surface area contributed by atoms with Crippen LogP contribution in [0.25, 0.3) is 0 Å². The van der Waals surface area contributed by atoms with E-state index in [2.05, 4.69) is 20.3 Å². The van der Waals surface area contributed by atoms with E-state index < -0.39 is 28.6 Å². The SMILES string of the molecule is C=CC(=O)NC1CC(C)OS(=O)(=O)O1. The Balaban J connectivity index is 2.63. The van der Waals surface area contributed by atoms with Gasteiger partial charge in [-0.2, -0.15) is 8.42 Å². The lowest BCUT2D eigenvalue weighted by Gasteiger charge is -2.26. The first kappa shape index (κ1) is 11.2. The van der Waals surface area contributed by atoms with Crippen molar-refractivity contribution in [1.29, 1.82) is 0 Å². The zero-order valence-corrected chi connectivity index (χ0v) is 8.41. The molecule has 0 saturated carbocycles. The molecule has 80 valence electrons. The van der Waals surface area contributed by atoms with Gasteiger partial charge in [-0.3, -0.25) is 4.79 Å². The van der Waals surface area contributed by atoms with Crippen molar-refractivity contribution in [3.8, 4) is 0 Å². The summed E-state index contributed by atoms with van der Waals surface area (Å²) in [6, 6.07) is 0. The summed E-state index contributed by atoms with van der Waals surface area (Å²) in [4.78, 5) is 10.9. The molecule has 14 heavy (non-hydrogen) atoms. The molecular weight excluding hydrogens is 210 g/mol. The number of carbonyl (C=O) groups is 1. The molecule has 1 N–H and O–H groups in total. The van der Waals surface area contributed by atoms with Crippen LogP contribution in [0.1, 0.15) is 13.3 Å². The first-order valence-electron chi connectivity index (χ1n) is 3.97. The summed E-state index contributed by atoms with van der Waals surface area (Å²) in [5, 5.41) is 2.32. The van der Waals surface area contributed by atoms with Gasteiger partial charge in [0.05, 0.1) is 6.10 Å². The quantitative estimate of drug-likeness (QED) is 0.646. The van der Waals surface area contributed by atoms with Gasteiger partial charge in [0.1, 0.15) is 0 Å². The summed E-state index contributed by atoms with van der Waals surface area (Å²) in [5.41, 5.74) is 0. The number of amides is 1. The van der Waals surface area contributed by atoms with Gasteiger partial charge in [0.2, 0.25) is 5.91 Å². The molecule has 0 spiro atoms. The smallest absolute Gasteiger partial charge is 0.326 e. The van der Waals surface area contributed by atoms with Crippen molar-refractivity contribution in [2.75, 3.05) is 0 Å². The maximum Gasteiger partial charge on any atom is 0.402 e. The normalized spacial score (nSPS) is 30.6. The second-order valence-electron chi connectivity index (χ2n) is 2.85. The monoisotopic (exact) mass is 221 g/mol. The summed E-state index contributed by atoms with van der Waals surface area (Å²) < 4.78 is 30.8. The molecule has 2 unspecified atom stereocenters. The van der Waals surface area contributed by atoms with Crippen LogP contribution in [-0.2, 0) is 23.6 Å². The summed E-state index contributed by atoms with van der Waals surface area (Å²) in [7, 11) is -3.98. The third-order valence-corrected chi connectivity index (χ3v) is 2.58. The van der Waals surface area contributed by atoms with Gasteiger partial charge in [-0.15, -0.1) is 0 Å². The zero-order valence-electron chi connectivity index (χ0n) is 7.60. The molecule has 1 rings (SSSR count). The highest BCUT2D eigenvalue weighted by Gasteiger charge is 2.31. The molecule has 7 heteroatoms. The van der Waals surface area contributed by atoms with Crippen molar-refractivity contribution in [3.63, 3.8) is 0 Å². The van der Waals surface area contributed by atoms with Crippen molar-refractivity contribution in [1.82, 2.24) is 5.32 Å². The fourth-order valence-corrected chi connectivity index (χ4v) is 1.98. The maximum absolute atomic E-state index is 10.9. The minimum Gasteiger partial charge on any atom is -0.326 e. The van der Waals surface area contributed by atoms with E-state index in [4.69, 9.17) is 0 Å². The fourth-order valence-electron chi connectivity index (χ4n) is 1.05. The molecule has 0 radical (unpaired) electrons. The number of hydrogen-bond acceptors (Lipinski definition) is 5. The minimum atomic E-state index is -3.98. The molecule has 0 aromatic carbocycles. The second kappa shape index (κ2) is 4.07. The van der Waals surface area contributed by atoms with E-state index in [0.29, 0.717) is 0 Å². The molecule has 0 aromatic rings. The Morgan fingerprint density at radius 3 is 2.71 bits per heavy atom. The molecular formula is C7H11NO5S. The summed E-state index contributed by atoms with van der Waals surface area (Å²) in [6.45, 7) is 4.81. The van der Waals surface area contributed by atoms with E-state index in [0.717, 1.165) is 6.08 Å². The lowest BCUT2D eigenvalue weighted by atomic mass is 10.2. The summed E-state index contributed by atoms with van der Waals surface area (Å²) in [6.07, 6.45) is -0.0762. The summed E-state index contributed by atoms with van der Waals surface area (Å²) >= 11 is 0. The molecule has 1 saturated heterocycles. The average molecular weight is 221 g/mol. The topological polar surface area (TPSA) is 81.7 Å². The van der Waals surface area contributed by atoms with Crippen LogP contribution in [0.4, 0.5) is 0 Å². The van der Waals surface area contributed by atoms with E-state index in [9.17, 15) is 13.2 Å². The number of nitrogens with one attached hydrogen (secondary N) is 1. The van der Waals surface area contributed by atoms with Gasteiger partial charge in [-0.05, 0) is 13.0 Å². The van der Waals surface area contributed by atoms with Crippen LogP contribution in [-0.4, -0.2) is 26.7 Å². The Bertz CT molecular complexity index is 336. The van der Waals surface area contributed by atoms with Crippen molar-refractivity contribution >= 4 is 16.3 Å². The van der Waals surface area contributed by atoms with Crippen molar-refractivity contribution < 1.29 is 21.6 Å². The van der Waals surface area contributed by atoms with Crippen molar-refractivity contribution in [2.24, 2.45) is 0 Å². The van der Waals surface area contributed by atoms with E-state index in [1.54, 1.807) is 6.92 Å². The molecule has 6 nitrogen and oxygen atoms in total. The van der Waals surface area contributed by atoms with E-state index in [-0.39, 0.29) is 6.42 Å². The van der Waals surface area contributed by atoms with Gasteiger partial charge < -0.3 is 5.32 Å².